The largest absolute Gasteiger partial charge is 0.489 e. The van der Waals surface area contributed by atoms with Crippen LogP contribution in [-0.2, 0) is 0 Å². The molecule has 0 saturated carbocycles. The van der Waals surface area contributed by atoms with Crippen molar-refractivity contribution in [2.75, 3.05) is 0 Å². The van der Waals surface area contributed by atoms with E-state index in [0.29, 0.717) is 12.0 Å². The van der Waals surface area contributed by atoms with Gasteiger partial charge in [0.2, 0.25) is 0 Å². The van der Waals surface area contributed by atoms with Gasteiger partial charge in [0, 0.05) is 0 Å². The Balaban J connectivity index is 1.84. The molecule has 0 fully saturated rings. The van der Waals surface area contributed by atoms with E-state index in [-0.39, 0.29) is 16.8 Å². The molecule has 3 aromatic rings. The number of para-hydroxylation sites is 1. The van der Waals surface area contributed by atoms with Gasteiger partial charge in [-0.05, 0) is 30.6 Å². The predicted octanol–water partition coefficient (Wildman–Crippen LogP) is 0.900. The molecule has 2 aromatic carbocycles. The van der Waals surface area contributed by atoms with E-state index in [2.05, 4.69) is 10.3 Å². The molecule has 1 aromatic heterocycles. The Bertz CT molecular complexity index is 867. The van der Waals surface area contributed by atoms with Gasteiger partial charge in [-0.25, -0.2) is 4.68 Å². The molecule has 7 nitrogen and oxygen atoms in total. The third-order valence-electron chi connectivity index (χ3n) is 3.75. The number of carbonyl (C=O) groups is 1. The normalized spacial score (nSPS) is 11.8. The first-order valence-corrected chi connectivity index (χ1v) is 7.68. The second kappa shape index (κ2) is 7.29. The molecule has 2 N–H and O–H groups in total. The first-order chi connectivity index (χ1) is 12.1. The molecule has 25 heavy (non-hydrogen) atoms. The molecule has 1 heterocycles. The van der Waals surface area contributed by atoms with Gasteiger partial charge in [-0.1, -0.05) is 35.5 Å². The summed E-state index contributed by atoms with van der Waals surface area (Å²) in [5, 5.41) is 26.9. The van der Waals surface area contributed by atoms with E-state index in [1.807, 2.05) is 30.3 Å². The highest BCUT2D eigenvalue weighted by atomic mass is 16.5. The maximum Gasteiger partial charge on any atom is 0.489 e. The van der Waals surface area contributed by atoms with Gasteiger partial charge in [0.05, 0.1) is 17.4 Å². The summed E-state index contributed by atoms with van der Waals surface area (Å²) in [6.45, 7) is 1.77. The highest BCUT2D eigenvalue weighted by Crippen LogP contribution is 2.23. The van der Waals surface area contributed by atoms with E-state index in [9.17, 15) is 14.8 Å². The smallest absolute Gasteiger partial charge is 0.484 e. The van der Waals surface area contributed by atoms with Crippen molar-refractivity contribution in [2.24, 2.45) is 0 Å². The Morgan fingerprint density at radius 3 is 2.60 bits per heavy atom. The average Bonchev–Trinajstić information content (AvgIpc) is 3.12. The van der Waals surface area contributed by atoms with Crippen LogP contribution in [0.1, 0.15) is 29.1 Å². The van der Waals surface area contributed by atoms with Crippen LogP contribution in [0.3, 0.4) is 0 Å². The highest BCUT2D eigenvalue weighted by Gasteiger charge is 2.21. The third-order valence-corrected chi connectivity index (χ3v) is 3.75. The molecule has 1 atom stereocenters. The Labute approximate surface area is 144 Å². The molecule has 0 amide bonds. The van der Waals surface area contributed by atoms with Crippen molar-refractivity contribution in [1.29, 1.82) is 0 Å². The summed E-state index contributed by atoms with van der Waals surface area (Å²) in [6.07, 6.45) is 1.80. The minimum atomic E-state index is -1.75. The number of hydrogen-bond acceptors (Lipinski definition) is 6. The Kier molecular flexibility index (Phi) is 4.92. The summed E-state index contributed by atoms with van der Waals surface area (Å²) in [4.78, 5) is 11.3. The molecule has 0 saturated heterocycles. The zero-order chi connectivity index (χ0) is 17.8. The molecule has 0 spiro atoms. The van der Waals surface area contributed by atoms with Crippen molar-refractivity contribution < 1.29 is 19.6 Å². The first kappa shape index (κ1) is 16.9. The van der Waals surface area contributed by atoms with Crippen molar-refractivity contribution in [1.82, 2.24) is 15.0 Å². The van der Waals surface area contributed by atoms with Crippen LogP contribution in [0.15, 0.2) is 54.7 Å². The Morgan fingerprint density at radius 1 is 1.16 bits per heavy atom. The van der Waals surface area contributed by atoms with Crippen LogP contribution in [0.25, 0.3) is 5.69 Å². The van der Waals surface area contributed by atoms with Crippen LogP contribution in [0.4, 0.5) is 0 Å². The van der Waals surface area contributed by atoms with Gasteiger partial charge >= 0.3 is 7.12 Å². The van der Waals surface area contributed by atoms with Crippen molar-refractivity contribution >= 4 is 18.9 Å². The molecule has 0 aliphatic heterocycles. The lowest BCUT2D eigenvalue weighted by atomic mass is 9.77. The van der Waals surface area contributed by atoms with E-state index in [0.717, 1.165) is 5.69 Å². The van der Waals surface area contributed by atoms with E-state index in [4.69, 9.17) is 4.74 Å². The van der Waals surface area contributed by atoms with Crippen LogP contribution in [0, 0.1) is 0 Å². The molecule has 3 rings (SSSR count). The van der Waals surface area contributed by atoms with Gasteiger partial charge in [-0.15, -0.1) is 5.10 Å². The predicted molar refractivity (Wildman–Crippen MR) is 92.1 cm³/mol. The molecule has 0 bridgehead atoms. The van der Waals surface area contributed by atoms with Crippen molar-refractivity contribution in [3.63, 3.8) is 0 Å². The molecule has 0 aliphatic carbocycles. The Morgan fingerprint density at radius 2 is 1.92 bits per heavy atom. The maximum absolute atomic E-state index is 11.3. The minimum absolute atomic E-state index is 0.0904. The zero-order valence-corrected chi connectivity index (χ0v) is 13.5. The second-order valence-corrected chi connectivity index (χ2v) is 5.43. The molecular formula is C17H16BN3O4. The van der Waals surface area contributed by atoms with Crippen LogP contribution < -0.4 is 10.2 Å². The van der Waals surface area contributed by atoms with Crippen molar-refractivity contribution in [3.8, 4) is 11.4 Å². The maximum atomic E-state index is 11.3. The lowest BCUT2D eigenvalue weighted by Crippen LogP contribution is -2.33. The van der Waals surface area contributed by atoms with Gasteiger partial charge in [0.15, 0.2) is 6.29 Å². The molecule has 0 radical (unpaired) electrons. The lowest BCUT2D eigenvalue weighted by Gasteiger charge is -2.15. The lowest BCUT2D eigenvalue weighted by molar-refractivity contribution is 0.111. The number of hydrogen-bond donors (Lipinski definition) is 2. The van der Waals surface area contributed by atoms with E-state index >= 15 is 0 Å². The van der Waals surface area contributed by atoms with E-state index in [1.165, 1.54) is 6.07 Å². The van der Waals surface area contributed by atoms with Gasteiger partial charge in [-0.3, -0.25) is 4.79 Å². The average molecular weight is 337 g/mol. The fraction of sp³-hybridized carbons (Fsp3) is 0.118. The summed E-state index contributed by atoms with van der Waals surface area (Å²) in [7, 11) is -1.75. The summed E-state index contributed by atoms with van der Waals surface area (Å²) >= 11 is 0. The number of carbonyl (C=O) groups excluding carboxylic acids is 1. The van der Waals surface area contributed by atoms with Gasteiger partial charge in [0.1, 0.15) is 17.5 Å². The molecule has 1 unspecified atom stereocenters. The quantitative estimate of drug-likeness (QED) is 0.512. The fourth-order valence-electron chi connectivity index (χ4n) is 2.44. The number of benzene rings is 2. The van der Waals surface area contributed by atoms with Gasteiger partial charge in [-0.2, -0.15) is 0 Å². The summed E-state index contributed by atoms with van der Waals surface area (Å²) < 4.78 is 7.42. The number of rotatable bonds is 6. The second-order valence-electron chi connectivity index (χ2n) is 5.43. The number of ether oxygens (including phenoxy) is 1. The van der Waals surface area contributed by atoms with E-state index < -0.39 is 13.2 Å². The fourth-order valence-corrected chi connectivity index (χ4v) is 2.44. The SMILES string of the molecule is CC(Oc1cccc(B(O)O)c1C=O)c1cn(-c2ccccc2)nn1. The van der Waals surface area contributed by atoms with Crippen LogP contribution in [-0.4, -0.2) is 38.4 Å². The van der Waals surface area contributed by atoms with Gasteiger partial charge < -0.3 is 14.8 Å². The van der Waals surface area contributed by atoms with Crippen molar-refractivity contribution in [2.45, 2.75) is 13.0 Å². The minimum Gasteiger partial charge on any atom is -0.484 e. The third kappa shape index (κ3) is 3.60. The van der Waals surface area contributed by atoms with Crippen LogP contribution in [0.2, 0.25) is 0 Å². The van der Waals surface area contributed by atoms with Crippen molar-refractivity contribution in [3.05, 3.63) is 66.0 Å². The monoisotopic (exact) mass is 337 g/mol. The van der Waals surface area contributed by atoms with E-state index in [1.54, 1.807) is 29.9 Å². The standard InChI is InChI=1S/C17H16BN3O4/c1-12(16-10-21(20-19-16)13-6-3-2-4-7-13)25-17-9-5-8-15(18(23)24)14(17)11-22/h2-12,23-24H,1H3. The topological polar surface area (TPSA) is 97.5 Å². The zero-order valence-electron chi connectivity index (χ0n) is 13.5. The number of aromatic nitrogens is 3. The summed E-state index contributed by atoms with van der Waals surface area (Å²) in [5.74, 6) is 0.252. The summed E-state index contributed by atoms with van der Waals surface area (Å²) in [5.41, 5.74) is 1.63. The number of nitrogens with zero attached hydrogens (tertiary/aromatic N) is 3. The Hall–Kier alpha value is -2.97. The van der Waals surface area contributed by atoms with Crippen LogP contribution in [0.5, 0.6) is 5.75 Å². The highest BCUT2D eigenvalue weighted by molar-refractivity contribution is 6.60. The molecule has 8 heteroatoms. The van der Waals surface area contributed by atoms with Gasteiger partial charge in [0.25, 0.3) is 0 Å². The number of aldehydes is 1. The molecular weight excluding hydrogens is 321 g/mol. The summed E-state index contributed by atoms with van der Waals surface area (Å²) in [6, 6.07) is 14.2. The molecule has 126 valence electrons. The molecule has 0 aliphatic rings. The first-order valence-electron chi connectivity index (χ1n) is 7.68. The van der Waals surface area contributed by atoms with Crippen LogP contribution >= 0.6 is 0 Å².